The lowest BCUT2D eigenvalue weighted by Crippen LogP contribution is -2.54. The van der Waals surface area contributed by atoms with Crippen LogP contribution in [-0.2, 0) is 0 Å². The van der Waals surface area contributed by atoms with Crippen LogP contribution in [0.4, 0.5) is 0 Å². The fourth-order valence-electron chi connectivity index (χ4n) is 2.01. The van der Waals surface area contributed by atoms with E-state index in [1.165, 1.54) is 11.0 Å². The third-order valence-electron chi connectivity index (χ3n) is 4.39. The van der Waals surface area contributed by atoms with Crippen molar-refractivity contribution < 1.29 is 0 Å². The van der Waals surface area contributed by atoms with Crippen LogP contribution in [-0.4, -0.2) is 20.1 Å². The van der Waals surface area contributed by atoms with Gasteiger partial charge in [-0.15, -0.1) is 0 Å². The smallest absolute Gasteiger partial charge is 0.276 e. The van der Waals surface area contributed by atoms with Gasteiger partial charge in [-0.25, -0.2) is 0 Å². The Balaban J connectivity index is 2.23. The van der Waals surface area contributed by atoms with E-state index in [9.17, 15) is 0 Å². The Morgan fingerprint density at radius 3 is 2.26 bits per heavy atom. The van der Waals surface area contributed by atoms with E-state index in [2.05, 4.69) is 94.4 Å². The van der Waals surface area contributed by atoms with E-state index in [-0.39, 0.29) is 0 Å². The summed E-state index contributed by atoms with van der Waals surface area (Å²) in [6, 6.07) is 10.6. The highest BCUT2D eigenvalue weighted by atomic mass is 28.3. The van der Waals surface area contributed by atoms with Crippen molar-refractivity contribution in [3.8, 4) is 0 Å². The molecule has 1 aromatic carbocycles. The lowest BCUT2D eigenvalue weighted by Gasteiger charge is -2.47. The minimum absolute atomic E-state index is 0.340. The molecule has 0 unspecified atom stereocenters. The molecule has 0 saturated heterocycles. The fourth-order valence-corrected chi connectivity index (χ4v) is 3.71. The number of benzene rings is 1. The van der Waals surface area contributed by atoms with Crippen LogP contribution < -0.4 is 0 Å². The van der Waals surface area contributed by atoms with Crippen LogP contribution in [0.1, 0.15) is 26.3 Å². The molecule has 3 heteroatoms. The first-order chi connectivity index (χ1) is 8.82. The predicted molar refractivity (Wildman–Crippen MR) is 88.3 cm³/mol. The number of nitrogens with zero attached hydrogens (tertiary/aromatic N) is 1. The van der Waals surface area contributed by atoms with Crippen molar-refractivity contribution in [2.75, 3.05) is 0 Å². The minimum Gasteiger partial charge on any atom is -0.448 e. The third kappa shape index (κ3) is 2.86. The van der Waals surface area contributed by atoms with Gasteiger partial charge < -0.3 is 4.48 Å². The Bertz CT molecular complexity index is 497. The quantitative estimate of drug-likeness (QED) is 0.715. The molecule has 0 N–H and O–H groups in total. The summed E-state index contributed by atoms with van der Waals surface area (Å²) in [5.41, 5.74) is 2.59. The lowest BCUT2D eigenvalue weighted by molar-refractivity contribution is 0.658. The largest absolute Gasteiger partial charge is 0.448 e. The molecule has 99 valence electrons. The van der Waals surface area contributed by atoms with E-state index in [0.717, 1.165) is 0 Å². The van der Waals surface area contributed by atoms with Crippen molar-refractivity contribution in [1.29, 1.82) is 0 Å². The fraction of sp³-hybridized carbons (Fsp3) is 0.375. The van der Waals surface area contributed by atoms with Crippen molar-refractivity contribution in [3.05, 3.63) is 54.2 Å². The Morgan fingerprint density at radius 1 is 1.05 bits per heavy atom. The van der Waals surface area contributed by atoms with E-state index in [4.69, 9.17) is 0 Å². The zero-order valence-electron chi connectivity index (χ0n) is 12.6. The SMILES string of the molecule is CC(C)(C)[Si](C)(C)N1[B]C(c2ccccc2)=CC=C1. The van der Waals surface area contributed by atoms with Crippen LogP contribution in [0.15, 0.2) is 48.7 Å². The summed E-state index contributed by atoms with van der Waals surface area (Å²) in [4.78, 5) is 0. The summed E-state index contributed by atoms with van der Waals surface area (Å²) in [7, 11) is 0.784. The Labute approximate surface area is 119 Å². The molecule has 0 aliphatic carbocycles. The van der Waals surface area contributed by atoms with Gasteiger partial charge in [0.15, 0.2) is 0 Å². The van der Waals surface area contributed by atoms with Gasteiger partial charge in [0.2, 0.25) is 0 Å². The second-order valence-electron chi connectivity index (χ2n) is 6.67. The lowest BCUT2D eigenvalue weighted by atomic mass is 9.76. The molecule has 2 rings (SSSR count). The summed E-state index contributed by atoms with van der Waals surface area (Å²) >= 11 is 0. The average molecular weight is 268 g/mol. The normalized spacial score (nSPS) is 16.1. The number of rotatable bonds is 2. The van der Waals surface area contributed by atoms with Crippen molar-refractivity contribution >= 4 is 21.1 Å². The molecule has 0 amide bonds. The van der Waals surface area contributed by atoms with Crippen molar-refractivity contribution in [1.82, 2.24) is 4.48 Å². The summed E-state index contributed by atoms with van der Waals surface area (Å²) in [6.45, 7) is 11.9. The summed E-state index contributed by atoms with van der Waals surface area (Å²) in [5, 5.41) is 0.340. The van der Waals surface area contributed by atoms with Crippen LogP contribution in [0.3, 0.4) is 0 Å². The number of hydrogen-bond acceptors (Lipinski definition) is 1. The molecule has 0 fully saturated rings. The van der Waals surface area contributed by atoms with Crippen LogP contribution in [0.25, 0.3) is 5.47 Å². The third-order valence-corrected chi connectivity index (χ3v) is 9.63. The molecular weight excluding hydrogens is 245 g/mol. The molecule has 0 saturated carbocycles. The molecule has 1 radical (unpaired) electrons. The summed E-state index contributed by atoms with van der Waals surface area (Å²) < 4.78 is 2.47. The van der Waals surface area contributed by atoms with Crippen LogP contribution >= 0.6 is 0 Å². The standard InChI is InChI=1S/C16H23BNSi/c1-16(2,3)19(4,5)18-13-9-12-15(17-18)14-10-7-6-8-11-14/h6-13H,1-5H3. The van der Waals surface area contributed by atoms with Gasteiger partial charge in [-0.1, -0.05) is 75.7 Å². The van der Waals surface area contributed by atoms with Crippen LogP contribution in [0.5, 0.6) is 0 Å². The molecule has 1 aromatic rings. The summed E-state index contributed by atoms with van der Waals surface area (Å²) in [6.07, 6.45) is 6.59. The highest BCUT2D eigenvalue weighted by Gasteiger charge is 2.40. The van der Waals surface area contributed by atoms with Gasteiger partial charge in [0, 0.05) is 0 Å². The minimum atomic E-state index is -1.53. The Hall–Kier alpha value is -1.22. The van der Waals surface area contributed by atoms with Gasteiger partial charge in [0.1, 0.15) is 8.24 Å². The second kappa shape index (κ2) is 5.05. The van der Waals surface area contributed by atoms with Crippen molar-refractivity contribution in [2.45, 2.75) is 38.9 Å². The van der Waals surface area contributed by atoms with E-state index in [1.54, 1.807) is 0 Å². The molecule has 1 heterocycles. The van der Waals surface area contributed by atoms with Crippen molar-refractivity contribution in [3.63, 3.8) is 0 Å². The van der Waals surface area contributed by atoms with E-state index < -0.39 is 8.24 Å². The monoisotopic (exact) mass is 268 g/mol. The number of hydrogen-bond donors (Lipinski definition) is 0. The van der Waals surface area contributed by atoms with Crippen LogP contribution in [0, 0.1) is 0 Å². The topological polar surface area (TPSA) is 3.24 Å². The Kier molecular flexibility index (Phi) is 3.77. The number of allylic oxidation sites excluding steroid dienone is 2. The van der Waals surface area contributed by atoms with Gasteiger partial charge in [0.25, 0.3) is 7.41 Å². The molecule has 1 aliphatic heterocycles. The predicted octanol–water partition coefficient (Wildman–Crippen LogP) is 4.48. The van der Waals surface area contributed by atoms with Gasteiger partial charge in [-0.05, 0) is 22.9 Å². The van der Waals surface area contributed by atoms with Crippen LogP contribution in [0.2, 0.25) is 18.1 Å². The van der Waals surface area contributed by atoms with Gasteiger partial charge >= 0.3 is 0 Å². The average Bonchev–Trinajstić information content (AvgIpc) is 2.39. The molecule has 0 atom stereocenters. The maximum Gasteiger partial charge on any atom is 0.276 e. The molecule has 1 aliphatic rings. The van der Waals surface area contributed by atoms with Gasteiger partial charge in [0.05, 0.1) is 0 Å². The highest BCUT2D eigenvalue weighted by molar-refractivity contribution is 6.86. The zero-order valence-corrected chi connectivity index (χ0v) is 13.6. The first-order valence-electron chi connectivity index (χ1n) is 6.89. The first kappa shape index (κ1) is 14.2. The van der Waals surface area contributed by atoms with Gasteiger partial charge in [-0.3, -0.25) is 0 Å². The molecule has 0 aromatic heterocycles. The van der Waals surface area contributed by atoms with Crippen molar-refractivity contribution in [2.24, 2.45) is 0 Å². The molecule has 0 bridgehead atoms. The second-order valence-corrected chi connectivity index (χ2v) is 11.8. The molecule has 19 heavy (non-hydrogen) atoms. The molecular formula is C16H23BNSi. The van der Waals surface area contributed by atoms with E-state index in [1.807, 2.05) is 0 Å². The first-order valence-corrected chi connectivity index (χ1v) is 9.84. The summed E-state index contributed by atoms with van der Waals surface area (Å²) in [5.74, 6) is 0. The molecule has 1 nitrogen and oxygen atoms in total. The highest BCUT2D eigenvalue weighted by Crippen LogP contribution is 2.39. The van der Waals surface area contributed by atoms with Gasteiger partial charge in [-0.2, -0.15) is 0 Å². The van der Waals surface area contributed by atoms with E-state index >= 15 is 0 Å². The maximum atomic E-state index is 2.47. The maximum absolute atomic E-state index is 2.47. The Morgan fingerprint density at radius 2 is 1.68 bits per heavy atom. The van der Waals surface area contributed by atoms with E-state index in [0.29, 0.717) is 5.04 Å². The molecule has 0 spiro atoms. The zero-order chi connectivity index (χ0) is 14.1.